The summed E-state index contributed by atoms with van der Waals surface area (Å²) in [6, 6.07) is 4.93. The summed E-state index contributed by atoms with van der Waals surface area (Å²) in [6.07, 6.45) is -1.42. The first kappa shape index (κ1) is 13.2. The molecule has 1 atom stereocenters. The first-order valence-corrected chi connectivity index (χ1v) is 5.74. The summed E-state index contributed by atoms with van der Waals surface area (Å²) in [6.45, 7) is 0.540. The minimum absolute atomic E-state index is 0.251. The molecule has 0 saturated carbocycles. The highest BCUT2D eigenvalue weighted by atomic mass is 16.6. The number of nitrogens with two attached hydrogens (primary N) is 1. The lowest BCUT2D eigenvalue weighted by atomic mass is 10.1. The van der Waals surface area contributed by atoms with E-state index in [0.29, 0.717) is 24.7 Å². The fourth-order valence-corrected chi connectivity index (χ4v) is 1.64. The number of fused-ring (bicyclic) bond motifs is 1. The Balaban J connectivity index is 2.09. The Morgan fingerprint density at radius 3 is 2.84 bits per heavy atom. The van der Waals surface area contributed by atoms with E-state index in [4.69, 9.17) is 15.2 Å². The molecule has 1 heterocycles. The first-order valence-electron chi connectivity index (χ1n) is 5.74. The van der Waals surface area contributed by atoms with Gasteiger partial charge in [0.2, 0.25) is 5.91 Å². The third kappa shape index (κ3) is 2.94. The van der Waals surface area contributed by atoms with Crippen molar-refractivity contribution < 1.29 is 24.2 Å². The third-order valence-electron chi connectivity index (χ3n) is 2.60. The van der Waals surface area contributed by atoms with Gasteiger partial charge in [-0.1, -0.05) is 6.07 Å². The zero-order valence-corrected chi connectivity index (χ0v) is 10.1. The SMILES string of the molecule is NC(=O)C(O)CNC(=O)c1cccc2c1OCCO2. The molecule has 1 aromatic carbocycles. The first-order chi connectivity index (χ1) is 9.09. The number of amides is 2. The van der Waals surface area contributed by atoms with Crippen LogP contribution in [0.25, 0.3) is 0 Å². The summed E-state index contributed by atoms with van der Waals surface area (Å²) in [7, 11) is 0. The maximum absolute atomic E-state index is 11.9. The van der Waals surface area contributed by atoms with Crippen LogP contribution in [0.4, 0.5) is 0 Å². The molecule has 1 unspecified atom stereocenters. The van der Waals surface area contributed by atoms with E-state index in [2.05, 4.69) is 5.32 Å². The molecule has 0 saturated heterocycles. The van der Waals surface area contributed by atoms with Crippen LogP contribution in [0.3, 0.4) is 0 Å². The van der Waals surface area contributed by atoms with Crippen LogP contribution < -0.4 is 20.5 Å². The van der Waals surface area contributed by atoms with E-state index in [0.717, 1.165) is 0 Å². The lowest BCUT2D eigenvalue weighted by molar-refractivity contribution is -0.125. The van der Waals surface area contributed by atoms with Gasteiger partial charge in [0, 0.05) is 0 Å². The molecular weight excluding hydrogens is 252 g/mol. The van der Waals surface area contributed by atoms with Crippen LogP contribution in [-0.4, -0.2) is 42.8 Å². The van der Waals surface area contributed by atoms with Crippen molar-refractivity contribution in [3.05, 3.63) is 23.8 Å². The molecule has 2 rings (SSSR count). The number of carbonyl (C=O) groups is 2. The van der Waals surface area contributed by atoms with Crippen LogP contribution in [-0.2, 0) is 4.79 Å². The molecule has 4 N–H and O–H groups in total. The van der Waals surface area contributed by atoms with Crippen LogP contribution >= 0.6 is 0 Å². The van der Waals surface area contributed by atoms with Gasteiger partial charge in [0.1, 0.15) is 19.3 Å². The van der Waals surface area contributed by atoms with Gasteiger partial charge in [-0.25, -0.2) is 0 Å². The molecule has 1 aromatic rings. The number of aliphatic hydroxyl groups is 1. The number of nitrogens with one attached hydrogen (secondary N) is 1. The summed E-state index contributed by atoms with van der Waals surface area (Å²) in [5.41, 5.74) is 5.17. The van der Waals surface area contributed by atoms with Gasteiger partial charge < -0.3 is 25.6 Å². The zero-order valence-electron chi connectivity index (χ0n) is 10.1. The Bertz CT molecular complexity index is 503. The van der Waals surface area contributed by atoms with Crippen molar-refractivity contribution in [1.82, 2.24) is 5.32 Å². The summed E-state index contributed by atoms with van der Waals surface area (Å²) in [4.78, 5) is 22.6. The maximum Gasteiger partial charge on any atom is 0.255 e. The van der Waals surface area contributed by atoms with Crippen molar-refractivity contribution in [3.63, 3.8) is 0 Å². The van der Waals surface area contributed by atoms with Crippen molar-refractivity contribution in [2.75, 3.05) is 19.8 Å². The Morgan fingerprint density at radius 2 is 2.11 bits per heavy atom. The number of hydrogen-bond donors (Lipinski definition) is 3. The Hall–Kier alpha value is -2.28. The predicted octanol–water partition coefficient (Wildman–Crippen LogP) is -0.966. The van der Waals surface area contributed by atoms with E-state index in [1.807, 2.05) is 0 Å². The molecule has 2 amide bonds. The fourth-order valence-electron chi connectivity index (χ4n) is 1.64. The van der Waals surface area contributed by atoms with E-state index < -0.39 is 17.9 Å². The lowest BCUT2D eigenvalue weighted by Crippen LogP contribution is -2.40. The Morgan fingerprint density at radius 1 is 1.37 bits per heavy atom. The van der Waals surface area contributed by atoms with Crippen molar-refractivity contribution in [2.45, 2.75) is 6.10 Å². The topological polar surface area (TPSA) is 111 Å². The average Bonchev–Trinajstić information content (AvgIpc) is 2.43. The van der Waals surface area contributed by atoms with E-state index in [9.17, 15) is 14.7 Å². The lowest BCUT2D eigenvalue weighted by Gasteiger charge is -2.20. The number of carbonyl (C=O) groups excluding carboxylic acids is 2. The Labute approximate surface area is 109 Å². The van der Waals surface area contributed by atoms with Crippen LogP contribution in [0.15, 0.2) is 18.2 Å². The number of hydrogen-bond acceptors (Lipinski definition) is 5. The summed E-state index contributed by atoms with van der Waals surface area (Å²) >= 11 is 0. The van der Waals surface area contributed by atoms with Crippen LogP contribution in [0.2, 0.25) is 0 Å². The number of ether oxygens (including phenoxy) is 2. The molecule has 0 bridgehead atoms. The normalized spacial score (nSPS) is 14.6. The monoisotopic (exact) mass is 266 g/mol. The third-order valence-corrected chi connectivity index (χ3v) is 2.60. The largest absolute Gasteiger partial charge is 0.486 e. The van der Waals surface area contributed by atoms with Gasteiger partial charge in [0.15, 0.2) is 11.5 Å². The van der Waals surface area contributed by atoms with Gasteiger partial charge in [-0.3, -0.25) is 9.59 Å². The molecule has 0 aromatic heterocycles. The van der Waals surface area contributed by atoms with Gasteiger partial charge in [-0.15, -0.1) is 0 Å². The molecule has 1 aliphatic heterocycles. The fraction of sp³-hybridized carbons (Fsp3) is 0.333. The summed E-state index contributed by atoms with van der Waals surface area (Å²) in [5.74, 6) is -0.508. The average molecular weight is 266 g/mol. The van der Waals surface area contributed by atoms with Crippen molar-refractivity contribution >= 4 is 11.8 Å². The van der Waals surface area contributed by atoms with Gasteiger partial charge in [0.25, 0.3) is 5.91 Å². The van der Waals surface area contributed by atoms with Crippen molar-refractivity contribution in [3.8, 4) is 11.5 Å². The number of aliphatic hydroxyl groups excluding tert-OH is 1. The second-order valence-electron chi connectivity index (χ2n) is 3.96. The number of benzene rings is 1. The molecule has 0 radical (unpaired) electrons. The molecule has 0 aliphatic carbocycles. The molecule has 0 fully saturated rings. The van der Waals surface area contributed by atoms with Gasteiger partial charge in [0.05, 0.1) is 12.1 Å². The molecule has 7 nitrogen and oxygen atoms in total. The van der Waals surface area contributed by atoms with Gasteiger partial charge in [-0.05, 0) is 12.1 Å². The molecule has 102 valence electrons. The summed E-state index contributed by atoms with van der Waals surface area (Å²) < 4.78 is 10.7. The van der Waals surface area contributed by atoms with Crippen LogP contribution in [0.5, 0.6) is 11.5 Å². The molecule has 1 aliphatic rings. The smallest absolute Gasteiger partial charge is 0.255 e. The van der Waals surface area contributed by atoms with Crippen molar-refractivity contribution in [2.24, 2.45) is 5.73 Å². The second-order valence-corrected chi connectivity index (χ2v) is 3.96. The molecule has 19 heavy (non-hydrogen) atoms. The molecule has 0 spiro atoms. The van der Waals surface area contributed by atoms with E-state index in [-0.39, 0.29) is 12.1 Å². The minimum atomic E-state index is -1.42. The van der Waals surface area contributed by atoms with Crippen LogP contribution in [0.1, 0.15) is 10.4 Å². The Kier molecular flexibility index (Phi) is 3.86. The molecule has 7 heteroatoms. The van der Waals surface area contributed by atoms with E-state index in [1.165, 1.54) is 0 Å². The standard InChI is InChI=1S/C12H14N2O5/c13-11(16)8(15)6-14-12(17)7-2-1-3-9-10(7)19-5-4-18-9/h1-3,8,15H,4-6H2,(H2,13,16)(H,14,17). The van der Waals surface area contributed by atoms with Gasteiger partial charge >= 0.3 is 0 Å². The zero-order chi connectivity index (χ0) is 13.8. The van der Waals surface area contributed by atoms with Gasteiger partial charge in [-0.2, -0.15) is 0 Å². The minimum Gasteiger partial charge on any atom is -0.486 e. The van der Waals surface area contributed by atoms with Crippen LogP contribution in [0, 0.1) is 0 Å². The highest BCUT2D eigenvalue weighted by Crippen LogP contribution is 2.33. The highest BCUT2D eigenvalue weighted by Gasteiger charge is 2.21. The quantitative estimate of drug-likeness (QED) is 0.649. The second kappa shape index (κ2) is 5.57. The maximum atomic E-state index is 11.9. The van der Waals surface area contributed by atoms with E-state index >= 15 is 0 Å². The number of rotatable bonds is 4. The van der Waals surface area contributed by atoms with Crippen molar-refractivity contribution in [1.29, 1.82) is 0 Å². The number of primary amides is 1. The highest BCUT2D eigenvalue weighted by molar-refractivity contribution is 5.98. The molecular formula is C12H14N2O5. The van der Waals surface area contributed by atoms with E-state index in [1.54, 1.807) is 18.2 Å². The number of para-hydroxylation sites is 1. The predicted molar refractivity (Wildman–Crippen MR) is 65.0 cm³/mol. The summed E-state index contributed by atoms with van der Waals surface area (Å²) in [5, 5.41) is 11.6.